The molecule has 0 aliphatic carbocycles. The first-order valence-electron chi connectivity index (χ1n) is 8.03. The van der Waals surface area contributed by atoms with E-state index in [4.69, 9.17) is 9.15 Å². The lowest BCUT2D eigenvalue weighted by Crippen LogP contribution is -2.11. The van der Waals surface area contributed by atoms with Gasteiger partial charge < -0.3 is 29.6 Å². The molecule has 2 heterocycles. The van der Waals surface area contributed by atoms with Crippen LogP contribution in [0.2, 0.25) is 0 Å². The van der Waals surface area contributed by atoms with Gasteiger partial charge in [0.1, 0.15) is 22.6 Å². The lowest BCUT2D eigenvalue weighted by atomic mass is 10.1. The van der Waals surface area contributed by atoms with Crippen molar-refractivity contribution in [1.29, 1.82) is 0 Å². The SMILES string of the molecule is CC(O)CC1OC1CC(O)C=Cc1cc2cc(O)cc(O)c2c(=O)o1. The van der Waals surface area contributed by atoms with Crippen molar-refractivity contribution in [2.45, 2.75) is 44.2 Å². The molecule has 4 atom stereocenters. The molecule has 1 aliphatic rings. The van der Waals surface area contributed by atoms with Gasteiger partial charge in [0.2, 0.25) is 0 Å². The lowest BCUT2D eigenvalue weighted by molar-refractivity contribution is 0.170. The van der Waals surface area contributed by atoms with Crippen LogP contribution < -0.4 is 5.63 Å². The molecule has 7 nitrogen and oxygen atoms in total. The second-order valence-electron chi connectivity index (χ2n) is 6.33. The quantitative estimate of drug-likeness (QED) is 0.583. The average molecular weight is 348 g/mol. The Bertz CT molecular complexity index is 852. The van der Waals surface area contributed by atoms with Crippen molar-refractivity contribution in [2.75, 3.05) is 0 Å². The lowest BCUT2D eigenvalue weighted by Gasteiger charge is -2.04. The standard InChI is InChI=1S/C18H20O7/c1-9(19)4-15-16(25-15)8-11(20)2-3-13-6-10-5-12(21)7-14(22)17(10)18(23)24-13/h2-3,5-7,9,11,15-16,19-22H,4,8H2,1H3. The van der Waals surface area contributed by atoms with Gasteiger partial charge in [-0.2, -0.15) is 0 Å². The summed E-state index contributed by atoms with van der Waals surface area (Å²) >= 11 is 0. The fourth-order valence-electron chi connectivity index (χ4n) is 2.84. The fourth-order valence-corrected chi connectivity index (χ4v) is 2.84. The van der Waals surface area contributed by atoms with Crippen LogP contribution in [0, 0.1) is 0 Å². The van der Waals surface area contributed by atoms with Crippen LogP contribution in [0.25, 0.3) is 16.8 Å². The van der Waals surface area contributed by atoms with Crippen molar-refractivity contribution < 1.29 is 29.6 Å². The molecule has 4 N–H and O–H groups in total. The van der Waals surface area contributed by atoms with E-state index in [0.29, 0.717) is 18.2 Å². The third-order valence-electron chi connectivity index (χ3n) is 4.06. The Morgan fingerprint density at radius 2 is 1.88 bits per heavy atom. The Balaban J connectivity index is 1.70. The van der Waals surface area contributed by atoms with Crippen molar-refractivity contribution in [3.05, 3.63) is 40.5 Å². The summed E-state index contributed by atoms with van der Waals surface area (Å²) in [7, 11) is 0. The summed E-state index contributed by atoms with van der Waals surface area (Å²) in [6.07, 6.45) is 2.50. The van der Waals surface area contributed by atoms with Gasteiger partial charge in [-0.15, -0.1) is 0 Å². The topological polar surface area (TPSA) is 124 Å². The number of aromatic hydroxyl groups is 2. The first kappa shape index (κ1) is 17.5. The number of phenolic OH excluding ortho intramolecular Hbond substituents is 2. The number of fused-ring (bicyclic) bond motifs is 1. The Morgan fingerprint density at radius 1 is 1.16 bits per heavy atom. The minimum Gasteiger partial charge on any atom is -0.508 e. The van der Waals surface area contributed by atoms with Crippen molar-refractivity contribution in [2.24, 2.45) is 0 Å². The fraction of sp³-hybridized carbons (Fsp3) is 0.389. The van der Waals surface area contributed by atoms with Crippen LogP contribution >= 0.6 is 0 Å². The Hall–Kier alpha value is -2.35. The number of rotatable bonds is 6. The highest BCUT2D eigenvalue weighted by atomic mass is 16.6. The van der Waals surface area contributed by atoms with Crippen LogP contribution in [-0.4, -0.2) is 44.8 Å². The summed E-state index contributed by atoms with van der Waals surface area (Å²) in [4.78, 5) is 12.0. The van der Waals surface area contributed by atoms with Crippen molar-refractivity contribution in [3.63, 3.8) is 0 Å². The third-order valence-corrected chi connectivity index (χ3v) is 4.06. The van der Waals surface area contributed by atoms with E-state index in [9.17, 15) is 25.2 Å². The maximum absolute atomic E-state index is 12.0. The molecule has 0 bridgehead atoms. The monoisotopic (exact) mass is 348 g/mol. The van der Waals surface area contributed by atoms with Crippen LogP contribution in [0.3, 0.4) is 0 Å². The Kier molecular flexibility index (Phi) is 4.80. The van der Waals surface area contributed by atoms with Gasteiger partial charge in [0.05, 0.1) is 24.4 Å². The van der Waals surface area contributed by atoms with Crippen molar-refractivity contribution in [3.8, 4) is 11.5 Å². The molecule has 1 saturated heterocycles. The first-order valence-corrected chi connectivity index (χ1v) is 8.03. The second-order valence-corrected chi connectivity index (χ2v) is 6.33. The van der Waals surface area contributed by atoms with Crippen LogP contribution in [0.4, 0.5) is 0 Å². The van der Waals surface area contributed by atoms with Crippen LogP contribution in [0.1, 0.15) is 25.5 Å². The zero-order valence-electron chi connectivity index (χ0n) is 13.6. The van der Waals surface area contributed by atoms with E-state index in [-0.39, 0.29) is 34.9 Å². The molecule has 0 radical (unpaired) electrons. The maximum Gasteiger partial charge on any atom is 0.347 e. The van der Waals surface area contributed by atoms with E-state index in [1.54, 1.807) is 6.92 Å². The maximum atomic E-state index is 12.0. The number of phenols is 2. The molecule has 134 valence electrons. The van der Waals surface area contributed by atoms with E-state index < -0.39 is 17.8 Å². The molecular weight excluding hydrogens is 328 g/mol. The third kappa shape index (κ3) is 4.19. The van der Waals surface area contributed by atoms with Gasteiger partial charge in [0.15, 0.2) is 0 Å². The predicted octanol–water partition coefficient (Wildman–Crippen LogP) is 1.51. The van der Waals surface area contributed by atoms with Crippen LogP contribution in [-0.2, 0) is 4.74 Å². The molecule has 7 heteroatoms. The largest absolute Gasteiger partial charge is 0.508 e. The van der Waals surface area contributed by atoms with E-state index in [2.05, 4.69) is 0 Å². The molecule has 0 amide bonds. The summed E-state index contributed by atoms with van der Waals surface area (Å²) in [6.45, 7) is 1.69. The zero-order chi connectivity index (χ0) is 18.1. The highest BCUT2D eigenvalue weighted by Gasteiger charge is 2.39. The second kappa shape index (κ2) is 6.87. The number of hydrogen-bond acceptors (Lipinski definition) is 7. The number of hydrogen-bond donors (Lipinski definition) is 4. The zero-order valence-corrected chi connectivity index (χ0v) is 13.6. The number of benzene rings is 1. The van der Waals surface area contributed by atoms with Crippen LogP contribution in [0.15, 0.2) is 33.5 Å². The summed E-state index contributed by atoms with van der Waals surface area (Å²) in [5.74, 6) is -0.325. The molecule has 1 aliphatic heterocycles. The summed E-state index contributed by atoms with van der Waals surface area (Å²) in [5.41, 5.74) is -0.730. The summed E-state index contributed by atoms with van der Waals surface area (Å²) < 4.78 is 10.5. The van der Waals surface area contributed by atoms with E-state index >= 15 is 0 Å². The van der Waals surface area contributed by atoms with Crippen molar-refractivity contribution >= 4 is 16.8 Å². The minimum absolute atomic E-state index is 0.0113. The van der Waals surface area contributed by atoms with Gasteiger partial charge in [-0.25, -0.2) is 4.79 Å². The number of aliphatic hydroxyl groups is 2. The van der Waals surface area contributed by atoms with E-state index in [1.807, 2.05) is 0 Å². The van der Waals surface area contributed by atoms with E-state index in [1.165, 1.54) is 24.3 Å². The predicted molar refractivity (Wildman–Crippen MR) is 90.4 cm³/mol. The van der Waals surface area contributed by atoms with Gasteiger partial charge >= 0.3 is 5.63 Å². The van der Waals surface area contributed by atoms with Gasteiger partial charge in [-0.1, -0.05) is 6.08 Å². The smallest absolute Gasteiger partial charge is 0.347 e. The van der Waals surface area contributed by atoms with Crippen LogP contribution in [0.5, 0.6) is 11.5 Å². The number of epoxide rings is 1. The molecule has 0 saturated carbocycles. The number of aliphatic hydroxyl groups excluding tert-OH is 2. The highest BCUT2D eigenvalue weighted by Crippen LogP contribution is 2.31. The first-order chi connectivity index (χ1) is 11.8. The van der Waals surface area contributed by atoms with Gasteiger partial charge in [-0.3, -0.25) is 0 Å². The molecular formula is C18H20O7. The normalized spacial score (nSPS) is 22.4. The molecule has 4 unspecified atom stereocenters. The molecule has 1 aromatic heterocycles. The highest BCUT2D eigenvalue weighted by molar-refractivity contribution is 5.89. The molecule has 25 heavy (non-hydrogen) atoms. The Labute approximate surface area is 143 Å². The summed E-state index contributed by atoms with van der Waals surface area (Å²) in [5, 5.41) is 38.9. The molecule has 3 rings (SSSR count). The minimum atomic E-state index is -0.789. The van der Waals surface area contributed by atoms with E-state index in [0.717, 1.165) is 6.07 Å². The van der Waals surface area contributed by atoms with Gasteiger partial charge in [0, 0.05) is 24.3 Å². The van der Waals surface area contributed by atoms with Crippen molar-refractivity contribution in [1.82, 2.24) is 0 Å². The molecule has 1 fully saturated rings. The average Bonchev–Trinajstić information content (AvgIpc) is 3.20. The molecule has 0 spiro atoms. The summed E-state index contributed by atoms with van der Waals surface area (Å²) in [6, 6.07) is 3.90. The van der Waals surface area contributed by atoms with Gasteiger partial charge in [0.25, 0.3) is 0 Å². The number of ether oxygens (including phenoxy) is 1. The molecule has 1 aromatic carbocycles. The molecule has 2 aromatic rings. The Morgan fingerprint density at radius 3 is 2.60 bits per heavy atom. The van der Waals surface area contributed by atoms with Gasteiger partial charge in [-0.05, 0) is 25.1 Å².